The summed E-state index contributed by atoms with van der Waals surface area (Å²) in [5, 5.41) is 3.40. The van der Waals surface area contributed by atoms with Gasteiger partial charge in [-0.3, -0.25) is 14.5 Å². The molecular weight excluding hydrogens is 483 g/mol. The first-order chi connectivity index (χ1) is 14.2. The van der Waals surface area contributed by atoms with Crippen LogP contribution in [-0.4, -0.2) is 27.6 Å². The second-order valence-electron chi connectivity index (χ2n) is 6.36. The van der Waals surface area contributed by atoms with Crippen molar-refractivity contribution >= 4 is 86.7 Å². The first-order valence-electron chi connectivity index (χ1n) is 8.67. The minimum absolute atomic E-state index is 0.236. The molecule has 0 unspecified atom stereocenters. The van der Waals surface area contributed by atoms with Crippen molar-refractivity contribution in [1.82, 2.24) is 4.90 Å². The van der Waals surface area contributed by atoms with Crippen molar-refractivity contribution in [2.24, 2.45) is 0 Å². The quantitative estimate of drug-likeness (QED) is 0.294. The van der Waals surface area contributed by atoms with Gasteiger partial charge in [-0.25, -0.2) is 0 Å². The Labute approximate surface area is 198 Å². The summed E-state index contributed by atoms with van der Waals surface area (Å²) in [6.07, 6.45) is 3.73. The van der Waals surface area contributed by atoms with E-state index in [1.165, 1.54) is 17.0 Å². The monoisotopic (exact) mass is 496 g/mol. The fourth-order valence-corrected chi connectivity index (χ4v) is 4.55. The molecule has 1 aliphatic heterocycles. The molecule has 1 fully saturated rings. The molecule has 3 rings (SSSR count). The van der Waals surface area contributed by atoms with Crippen molar-refractivity contribution < 1.29 is 9.59 Å². The molecule has 0 aromatic heterocycles. The number of hydrogen-bond donors (Lipinski definition) is 1. The number of hydrogen-bond acceptors (Lipinski definition) is 4. The Kier molecular flexibility index (Phi) is 7.60. The lowest BCUT2D eigenvalue weighted by atomic mass is 10.1. The summed E-state index contributed by atoms with van der Waals surface area (Å²) in [6.45, 7) is 1.67. The highest BCUT2D eigenvalue weighted by Crippen LogP contribution is 2.34. The Morgan fingerprint density at radius 3 is 2.50 bits per heavy atom. The molecule has 2 aromatic rings. The average Bonchev–Trinajstić information content (AvgIpc) is 2.94. The van der Waals surface area contributed by atoms with Crippen LogP contribution in [0.25, 0.3) is 6.08 Å². The van der Waals surface area contributed by atoms with Crippen molar-refractivity contribution in [2.75, 3.05) is 11.9 Å². The number of thiocarbonyl (C=S) groups is 1. The number of nitrogens with zero attached hydrogens (tertiary/aromatic N) is 1. The summed E-state index contributed by atoms with van der Waals surface area (Å²) in [6, 6.07) is 12.7. The Hall–Kier alpha value is -1.83. The molecule has 1 heterocycles. The van der Waals surface area contributed by atoms with Crippen LogP contribution >= 0.6 is 58.8 Å². The van der Waals surface area contributed by atoms with Crippen molar-refractivity contribution in [2.45, 2.75) is 6.92 Å². The summed E-state index contributed by atoms with van der Waals surface area (Å²) in [4.78, 5) is 26.9. The number of anilines is 1. The molecule has 9 heteroatoms. The Bertz CT molecular complexity index is 1090. The highest BCUT2D eigenvalue weighted by molar-refractivity contribution is 8.26. The molecule has 154 valence electrons. The number of carbonyl (C=O) groups is 2. The van der Waals surface area contributed by atoms with Gasteiger partial charge in [-0.1, -0.05) is 95.2 Å². The number of carbonyl (C=O) groups excluding carboxylic acids is 2. The number of rotatable bonds is 5. The molecule has 1 N–H and O–H groups in total. The van der Waals surface area contributed by atoms with Gasteiger partial charge in [0.05, 0.1) is 25.7 Å². The molecule has 0 bridgehead atoms. The van der Waals surface area contributed by atoms with E-state index in [1.807, 2.05) is 43.3 Å². The first-order valence-corrected chi connectivity index (χ1v) is 11.0. The lowest BCUT2D eigenvalue weighted by Crippen LogP contribution is -2.36. The molecule has 2 aromatic carbocycles. The highest BCUT2D eigenvalue weighted by atomic mass is 35.5. The molecular formula is C21H15Cl3N2O2S2. The van der Waals surface area contributed by atoms with Gasteiger partial charge >= 0.3 is 0 Å². The normalized spacial score (nSPS) is 15.8. The number of benzene rings is 2. The van der Waals surface area contributed by atoms with Crippen LogP contribution in [0.1, 0.15) is 12.5 Å². The van der Waals surface area contributed by atoms with E-state index >= 15 is 0 Å². The van der Waals surface area contributed by atoms with Crippen molar-refractivity contribution in [3.05, 3.63) is 79.7 Å². The summed E-state index contributed by atoms with van der Waals surface area (Å²) >= 11 is 24.4. The van der Waals surface area contributed by atoms with Crippen LogP contribution in [0.5, 0.6) is 0 Å². The van der Waals surface area contributed by atoms with Crippen LogP contribution in [0, 0.1) is 0 Å². The number of halogens is 3. The molecule has 4 nitrogen and oxygen atoms in total. The number of thioether (sulfide) groups is 1. The third-order valence-electron chi connectivity index (χ3n) is 4.01. The molecule has 1 saturated heterocycles. The molecule has 0 radical (unpaired) electrons. The molecule has 0 saturated carbocycles. The maximum Gasteiger partial charge on any atom is 0.266 e. The Morgan fingerprint density at radius 1 is 1.13 bits per heavy atom. The van der Waals surface area contributed by atoms with Gasteiger partial charge in [0.15, 0.2) is 0 Å². The molecule has 2 amide bonds. The first kappa shape index (κ1) is 22.8. The molecule has 30 heavy (non-hydrogen) atoms. The summed E-state index contributed by atoms with van der Waals surface area (Å²) in [7, 11) is 0. The van der Waals surface area contributed by atoms with Crippen LogP contribution in [0.4, 0.5) is 5.69 Å². The van der Waals surface area contributed by atoms with Gasteiger partial charge in [-0.2, -0.15) is 0 Å². The second-order valence-corrected chi connectivity index (χ2v) is 9.26. The smallest absolute Gasteiger partial charge is 0.266 e. The van der Waals surface area contributed by atoms with E-state index in [-0.39, 0.29) is 27.5 Å². The molecule has 1 aliphatic rings. The van der Waals surface area contributed by atoms with Gasteiger partial charge in [-0.15, -0.1) is 0 Å². The predicted molar refractivity (Wildman–Crippen MR) is 130 cm³/mol. The SMILES string of the molecule is CC(/C=C1\SC(=S)N(CC(=O)Nc2cc(Cl)c(Cl)cc2Cl)C1=O)=C\c1ccccc1. The third kappa shape index (κ3) is 5.65. The maximum absolute atomic E-state index is 12.7. The number of allylic oxidation sites excluding steroid dienone is 2. The summed E-state index contributed by atoms with van der Waals surface area (Å²) in [5.74, 6) is -0.773. The minimum Gasteiger partial charge on any atom is -0.323 e. The van der Waals surface area contributed by atoms with E-state index in [4.69, 9.17) is 47.0 Å². The van der Waals surface area contributed by atoms with E-state index in [0.29, 0.717) is 14.9 Å². The fraction of sp³-hybridized carbons (Fsp3) is 0.0952. The summed E-state index contributed by atoms with van der Waals surface area (Å²) in [5.41, 5.74) is 2.23. The lowest BCUT2D eigenvalue weighted by molar-refractivity contribution is -0.126. The van der Waals surface area contributed by atoms with Gasteiger partial charge in [-0.05, 0) is 36.3 Å². The standard InChI is InChI=1S/C21H15Cl3N2O2S2/c1-12(7-13-5-3-2-4-6-13)8-18-20(28)26(21(29)30-18)11-19(27)25-17-10-15(23)14(22)9-16(17)24/h2-10H,11H2,1H3,(H,25,27)/b12-7+,18-8-. The summed E-state index contributed by atoms with van der Waals surface area (Å²) < 4.78 is 0.314. The maximum atomic E-state index is 12.7. The Balaban J connectivity index is 1.70. The molecule has 0 atom stereocenters. The van der Waals surface area contributed by atoms with Crippen LogP contribution < -0.4 is 5.32 Å². The number of nitrogens with one attached hydrogen (secondary N) is 1. The van der Waals surface area contributed by atoms with Gasteiger partial charge in [0.1, 0.15) is 10.9 Å². The highest BCUT2D eigenvalue weighted by Gasteiger charge is 2.33. The van der Waals surface area contributed by atoms with Gasteiger partial charge in [0, 0.05) is 0 Å². The zero-order valence-electron chi connectivity index (χ0n) is 15.6. The lowest BCUT2D eigenvalue weighted by Gasteiger charge is -2.15. The van der Waals surface area contributed by atoms with Gasteiger partial charge < -0.3 is 5.32 Å². The van der Waals surface area contributed by atoms with Crippen molar-refractivity contribution in [1.29, 1.82) is 0 Å². The predicted octanol–water partition coefficient (Wildman–Crippen LogP) is 6.43. The Morgan fingerprint density at radius 2 is 1.80 bits per heavy atom. The topological polar surface area (TPSA) is 49.4 Å². The van der Waals surface area contributed by atoms with Crippen molar-refractivity contribution in [3.63, 3.8) is 0 Å². The third-order valence-corrected chi connectivity index (χ3v) is 6.42. The van der Waals surface area contributed by atoms with Crippen LogP contribution in [0.15, 0.2) is 59.0 Å². The minimum atomic E-state index is -0.454. The van der Waals surface area contributed by atoms with Crippen LogP contribution in [-0.2, 0) is 9.59 Å². The molecule has 0 spiro atoms. The van der Waals surface area contributed by atoms with Crippen LogP contribution in [0.3, 0.4) is 0 Å². The zero-order valence-corrected chi connectivity index (χ0v) is 19.5. The largest absolute Gasteiger partial charge is 0.323 e. The van der Waals surface area contributed by atoms with Gasteiger partial charge in [0.25, 0.3) is 5.91 Å². The zero-order chi connectivity index (χ0) is 21.8. The average molecular weight is 498 g/mol. The van der Waals surface area contributed by atoms with E-state index < -0.39 is 5.91 Å². The molecule has 0 aliphatic carbocycles. The van der Waals surface area contributed by atoms with Crippen molar-refractivity contribution in [3.8, 4) is 0 Å². The van der Waals surface area contributed by atoms with E-state index in [2.05, 4.69) is 5.32 Å². The van der Waals surface area contributed by atoms with Gasteiger partial charge in [0.2, 0.25) is 5.91 Å². The van der Waals surface area contributed by atoms with E-state index in [0.717, 1.165) is 22.9 Å². The fourth-order valence-electron chi connectivity index (χ4n) is 2.65. The van der Waals surface area contributed by atoms with E-state index in [1.54, 1.807) is 6.08 Å². The second kappa shape index (κ2) is 9.98. The van der Waals surface area contributed by atoms with E-state index in [9.17, 15) is 9.59 Å². The number of amides is 2. The van der Waals surface area contributed by atoms with Crippen LogP contribution in [0.2, 0.25) is 15.1 Å².